The zero-order valence-electron chi connectivity index (χ0n) is 15.2. The number of carbonyl (C=O) groups is 1. The highest BCUT2D eigenvalue weighted by molar-refractivity contribution is 5.83. The Morgan fingerprint density at radius 1 is 1.10 bits per heavy atom. The molecule has 0 heterocycles. The van der Waals surface area contributed by atoms with Crippen LogP contribution in [0.4, 0.5) is 0 Å². The summed E-state index contributed by atoms with van der Waals surface area (Å²) in [6.45, 7) is 10.2. The third-order valence-corrected chi connectivity index (χ3v) is 4.93. The quantitative estimate of drug-likeness (QED) is 0.746. The SMILES string of the molecule is CC.CCC.CCC(=O)C(N)CC1CCC2(CCC2)CC1. The van der Waals surface area contributed by atoms with E-state index in [1.165, 1.54) is 51.4 Å². The lowest BCUT2D eigenvalue weighted by molar-refractivity contribution is -0.120. The highest BCUT2D eigenvalue weighted by Crippen LogP contribution is 2.53. The minimum absolute atomic E-state index is 0.189. The molecule has 1 spiro atoms. The standard InChI is InChI=1S/C14H25NO.C3H8.C2H6/c1-2-13(16)12(15)10-11-4-8-14(9-5-11)6-3-7-14;1-3-2;1-2/h11-12H,2-10,15H2,1H3;3H2,1-2H3;1-2H3. The molecule has 1 atom stereocenters. The van der Waals surface area contributed by atoms with Gasteiger partial charge in [0.15, 0.2) is 0 Å². The van der Waals surface area contributed by atoms with E-state index in [2.05, 4.69) is 13.8 Å². The van der Waals surface area contributed by atoms with E-state index in [9.17, 15) is 4.79 Å². The topological polar surface area (TPSA) is 43.1 Å². The van der Waals surface area contributed by atoms with E-state index >= 15 is 0 Å². The molecule has 2 nitrogen and oxygen atoms in total. The summed E-state index contributed by atoms with van der Waals surface area (Å²) in [6, 6.07) is -0.189. The molecule has 21 heavy (non-hydrogen) atoms. The normalized spacial score (nSPS) is 21.2. The van der Waals surface area contributed by atoms with Crippen molar-refractivity contribution in [3.05, 3.63) is 0 Å². The second-order valence-corrected chi connectivity index (χ2v) is 6.67. The molecule has 2 fully saturated rings. The van der Waals surface area contributed by atoms with Crippen LogP contribution in [0.15, 0.2) is 0 Å². The number of hydrogen-bond donors (Lipinski definition) is 1. The van der Waals surface area contributed by atoms with Crippen molar-refractivity contribution in [2.75, 3.05) is 0 Å². The third kappa shape index (κ3) is 6.95. The first-order valence-corrected chi connectivity index (χ1v) is 9.35. The van der Waals surface area contributed by atoms with Gasteiger partial charge in [0.1, 0.15) is 5.78 Å². The van der Waals surface area contributed by atoms with E-state index in [0.29, 0.717) is 6.42 Å². The largest absolute Gasteiger partial charge is 0.322 e. The van der Waals surface area contributed by atoms with Gasteiger partial charge in [0.05, 0.1) is 6.04 Å². The molecule has 2 N–H and O–H groups in total. The second-order valence-electron chi connectivity index (χ2n) is 6.67. The van der Waals surface area contributed by atoms with Gasteiger partial charge < -0.3 is 5.73 Å². The lowest BCUT2D eigenvalue weighted by atomic mass is 9.58. The van der Waals surface area contributed by atoms with Crippen molar-refractivity contribution < 1.29 is 4.79 Å². The first-order valence-electron chi connectivity index (χ1n) is 9.35. The minimum Gasteiger partial charge on any atom is -0.322 e. The van der Waals surface area contributed by atoms with Gasteiger partial charge in [-0.2, -0.15) is 0 Å². The maximum absolute atomic E-state index is 11.5. The van der Waals surface area contributed by atoms with E-state index in [0.717, 1.165) is 17.8 Å². The molecule has 0 aromatic carbocycles. The zero-order valence-corrected chi connectivity index (χ0v) is 15.2. The molecule has 0 saturated heterocycles. The maximum atomic E-state index is 11.5. The Hall–Kier alpha value is -0.370. The Labute approximate surface area is 133 Å². The Bertz CT molecular complexity index is 261. The number of rotatable bonds is 4. The van der Waals surface area contributed by atoms with Gasteiger partial charge in [0, 0.05) is 6.42 Å². The minimum atomic E-state index is -0.189. The molecule has 0 aromatic rings. The highest BCUT2D eigenvalue weighted by Gasteiger charge is 2.40. The molecule has 0 aliphatic heterocycles. The molecule has 2 rings (SSSR count). The summed E-state index contributed by atoms with van der Waals surface area (Å²) in [7, 11) is 0. The Morgan fingerprint density at radius 2 is 1.57 bits per heavy atom. The van der Waals surface area contributed by atoms with Crippen LogP contribution in [-0.4, -0.2) is 11.8 Å². The van der Waals surface area contributed by atoms with Crippen LogP contribution in [0, 0.1) is 11.3 Å². The van der Waals surface area contributed by atoms with Crippen molar-refractivity contribution in [2.45, 2.75) is 105 Å². The van der Waals surface area contributed by atoms with E-state index < -0.39 is 0 Å². The number of carbonyl (C=O) groups excluding carboxylic acids is 1. The van der Waals surface area contributed by atoms with Crippen molar-refractivity contribution >= 4 is 5.78 Å². The predicted octanol–water partition coefficient (Wildman–Crippen LogP) is 5.49. The van der Waals surface area contributed by atoms with Crippen molar-refractivity contribution in [3.63, 3.8) is 0 Å². The fourth-order valence-corrected chi connectivity index (χ4v) is 3.46. The summed E-state index contributed by atoms with van der Waals surface area (Å²) < 4.78 is 0. The highest BCUT2D eigenvalue weighted by atomic mass is 16.1. The summed E-state index contributed by atoms with van der Waals surface area (Å²) >= 11 is 0. The molecular formula is C19H39NO. The average Bonchev–Trinajstić information content (AvgIpc) is 2.48. The van der Waals surface area contributed by atoms with Crippen LogP contribution in [0.3, 0.4) is 0 Å². The van der Waals surface area contributed by atoms with Crippen LogP contribution in [0.5, 0.6) is 0 Å². The van der Waals surface area contributed by atoms with E-state index in [1.807, 2.05) is 20.8 Å². The van der Waals surface area contributed by atoms with E-state index in [1.54, 1.807) is 0 Å². The molecule has 0 bridgehead atoms. The zero-order chi connectivity index (χ0) is 16.3. The fourth-order valence-electron chi connectivity index (χ4n) is 3.46. The molecule has 2 saturated carbocycles. The smallest absolute Gasteiger partial charge is 0.149 e. The predicted molar refractivity (Wildman–Crippen MR) is 93.4 cm³/mol. The van der Waals surface area contributed by atoms with Crippen molar-refractivity contribution in [3.8, 4) is 0 Å². The third-order valence-electron chi connectivity index (χ3n) is 4.93. The molecule has 0 amide bonds. The molecule has 2 heteroatoms. The summed E-state index contributed by atoms with van der Waals surface area (Å²) in [5.74, 6) is 0.959. The number of ketones is 1. The van der Waals surface area contributed by atoms with Crippen LogP contribution in [-0.2, 0) is 4.79 Å². The van der Waals surface area contributed by atoms with Gasteiger partial charge >= 0.3 is 0 Å². The first-order chi connectivity index (χ1) is 10.1. The van der Waals surface area contributed by atoms with E-state index in [-0.39, 0.29) is 11.8 Å². The molecular weight excluding hydrogens is 258 g/mol. The monoisotopic (exact) mass is 297 g/mol. The molecule has 2 aliphatic rings. The first kappa shape index (κ1) is 20.6. The molecule has 0 radical (unpaired) electrons. The van der Waals surface area contributed by atoms with Gasteiger partial charge in [0.25, 0.3) is 0 Å². The summed E-state index contributed by atoms with van der Waals surface area (Å²) in [6.07, 6.45) is 12.5. The van der Waals surface area contributed by atoms with Crippen LogP contribution < -0.4 is 5.73 Å². The average molecular weight is 298 g/mol. The van der Waals surface area contributed by atoms with Gasteiger partial charge in [0.2, 0.25) is 0 Å². The van der Waals surface area contributed by atoms with Crippen LogP contribution >= 0.6 is 0 Å². The van der Waals surface area contributed by atoms with Gasteiger partial charge in [-0.3, -0.25) is 4.79 Å². The lowest BCUT2D eigenvalue weighted by Gasteiger charge is -2.47. The van der Waals surface area contributed by atoms with Crippen molar-refractivity contribution in [1.29, 1.82) is 0 Å². The van der Waals surface area contributed by atoms with E-state index in [4.69, 9.17) is 5.73 Å². The number of hydrogen-bond acceptors (Lipinski definition) is 2. The van der Waals surface area contributed by atoms with Gasteiger partial charge in [-0.25, -0.2) is 0 Å². The summed E-state index contributed by atoms with van der Waals surface area (Å²) in [4.78, 5) is 11.5. The summed E-state index contributed by atoms with van der Waals surface area (Å²) in [5.41, 5.74) is 6.65. The van der Waals surface area contributed by atoms with Gasteiger partial charge in [-0.1, -0.05) is 47.5 Å². The number of Topliss-reactive ketones (excluding diaryl/α,β-unsaturated/α-hetero) is 1. The lowest BCUT2D eigenvalue weighted by Crippen LogP contribution is -2.37. The molecule has 126 valence electrons. The van der Waals surface area contributed by atoms with Crippen LogP contribution in [0.25, 0.3) is 0 Å². The molecule has 0 aromatic heterocycles. The fraction of sp³-hybridized carbons (Fsp3) is 0.947. The molecule has 2 aliphatic carbocycles. The van der Waals surface area contributed by atoms with Crippen molar-refractivity contribution in [1.82, 2.24) is 0 Å². The molecule has 1 unspecified atom stereocenters. The second kappa shape index (κ2) is 11.2. The number of nitrogens with two attached hydrogens (primary N) is 1. The maximum Gasteiger partial charge on any atom is 0.149 e. The Balaban J connectivity index is 0.000000713. The van der Waals surface area contributed by atoms with Crippen LogP contribution in [0.2, 0.25) is 0 Å². The Morgan fingerprint density at radius 3 is 1.90 bits per heavy atom. The summed E-state index contributed by atoms with van der Waals surface area (Å²) in [5, 5.41) is 0. The van der Waals surface area contributed by atoms with Crippen LogP contribution in [0.1, 0.15) is 98.8 Å². The van der Waals surface area contributed by atoms with Gasteiger partial charge in [-0.05, 0) is 56.3 Å². The van der Waals surface area contributed by atoms with Crippen molar-refractivity contribution in [2.24, 2.45) is 17.1 Å². The van der Waals surface area contributed by atoms with Gasteiger partial charge in [-0.15, -0.1) is 0 Å². The Kier molecular flexibility index (Phi) is 11.0.